The highest BCUT2D eigenvalue weighted by atomic mass is 32.1. The van der Waals surface area contributed by atoms with Crippen LogP contribution >= 0.6 is 22.7 Å². The van der Waals surface area contributed by atoms with Crippen LogP contribution < -0.4 is 16.4 Å². The molecular weight excluding hydrogens is 490 g/mol. The quantitative estimate of drug-likeness (QED) is 0.121. The number of thiophene rings is 2. The third-order valence-electron chi connectivity index (χ3n) is 5.25. The summed E-state index contributed by atoms with van der Waals surface area (Å²) >= 11 is 3.06. The molecule has 1 unspecified atom stereocenters. The number of hydrogen-bond donors (Lipinski definition) is 5. The van der Waals surface area contributed by atoms with E-state index < -0.39 is 0 Å². The third-order valence-corrected chi connectivity index (χ3v) is 7.02. The van der Waals surface area contributed by atoms with Crippen LogP contribution in [0, 0.1) is 10.8 Å². The normalized spacial score (nSPS) is 11.7. The van der Waals surface area contributed by atoms with Gasteiger partial charge in [-0.05, 0) is 58.3 Å². The van der Waals surface area contributed by atoms with Crippen LogP contribution in [0.3, 0.4) is 0 Å². The second kappa shape index (κ2) is 13.1. The first-order chi connectivity index (χ1) is 17.6. The van der Waals surface area contributed by atoms with Crippen molar-refractivity contribution in [1.29, 1.82) is 10.8 Å². The van der Waals surface area contributed by atoms with Crippen molar-refractivity contribution in [3.63, 3.8) is 0 Å². The lowest BCUT2D eigenvalue weighted by atomic mass is 10.2. The summed E-state index contributed by atoms with van der Waals surface area (Å²) in [5, 5.41) is 26.6. The Hall–Kier alpha value is -3.34. The molecule has 0 aliphatic heterocycles. The van der Waals surface area contributed by atoms with Gasteiger partial charge in [-0.3, -0.25) is 10.8 Å². The lowest BCUT2D eigenvalue weighted by molar-refractivity contribution is -0.0245. The Labute approximate surface area is 218 Å². The number of benzene rings is 2. The van der Waals surface area contributed by atoms with Crippen molar-refractivity contribution in [3.05, 3.63) is 104 Å². The first-order valence-corrected chi connectivity index (χ1v) is 13.2. The maximum Gasteiger partial charge on any atom is 0.140 e. The molecule has 2 aromatic heterocycles. The highest BCUT2D eigenvalue weighted by Crippen LogP contribution is 2.17. The predicted molar refractivity (Wildman–Crippen MR) is 150 cm³/mol. The van der Waals surface area contributed by atoms with Gasteiger partial charge in [0.1, 0.15) is 11.7 Å². The minimum atomic E-state index is -0.237. The number of nitrogens with two attached hydrogens (primary N) is 1. The summed E-state index contributed by atoms with van der Waals surface area (Å²) in [7, 11) is 0. The number of hydrogen-bond acceptors (Lipinski definition) is 7. The van der Waals surface area contributed by atoms with Crippen LogP contribution in [0.2, 0.25) is 0 Å². The van der Waals surface area contributed by atoms with E-state index in [1.165, 1.54) is 22.7 Å². The Bertz CT molecular complexity index is 1260. The van der Waals surface area contributed by atoms with E-state index in [1.54, 1.807) is 0 Å². The zero-order valence-electron chi connectivity index (χ0n) is 19.7. The highest BCUT2D eigenvalue weighted by Gasteiger charge is 2.10. The number of ether oxygens (including phenoxy) is 2. The van der Waals surface area contributed by atoms with Gasteiger partial charge in [0.15, 0.2) is 0 Å². The molecule has 0 saturated heterocycles. The van der Waals surface area contributed by atoms with Gasteiger partial charge in [-0.1, -0.05) is 36.4 Å². The fourth-order valence-corrected chi connectivity index (χ4v) is 4.70. The molecule has 2 heterocycles. The van der Waals surface area contributed by atoms with Gasteiger partial charge in [0, 0.05) is 17.9 Å². The lowest BCUT2D eigenvalue weighted by Gasteiger charge is -2.17. The Kier molecular flexibility index (Phi) is 9.37. The van der Waals surface area contributed by atoms with Crippen LogP contribution in [0.4, 0.5) is 11.4 Å². The van der Waals surface area contributed by atoms with Crippen molar-refractivity contribution in [2.24, 2.45) is 5.73 Å². The molecule has 7 nitrogen and oxygen atoms in total. The number of rotatable bonds is 12. The minimum Gasteiger partial charge on any atom is -0.374 e. The van der Waals surface area contributed by atoms with E-state index in [2.05, 4.69) is 10.6 Å². The first kappa shape index (κ1) is 25.7. The molecule has 9 heteroatoms. The largest absolute Gasteiger partial charge is 0.374 e. The molecule has 6 N–H and O–H groups in total. The molecule has 186 valence electrons. The van der Waals surface area contributed by atoms with E-state index in [0.717, 1.165) is 32.3 Å². The predicted octanol–water partition coefficient (Wildman–Crippen LogP) is 5.75. The zero-order valence-corrected chi connectivity index (χ0v) is 21.3. The Morgan fingerprint density at radius 3 is 1.83 bits per heavy atom. The lowest BCUT2D eigenvalue weighted by Crippen LogP contribution is -2.28. The highest BCUT2D eigenvalue weighted by molar-refractivity contribution is 7.12. The number of amidine groups is 2. The van der Waals surface area contributed by atoms with Crippen LogP contribution in [0.5, 0.6) is 0 Å². The summed E-state index contributed by atoms with van der Waals surface area (Å²) in [5.74, 6) is 0.751. The summed E-state index contributed by atoms with van der Waals surface area (Å²) in [6.45, 7) is 1.55. The fourth-order valence-electron chi connectivity index (χ4n) is 3.44. The van der Waals surface area contributed by atoms with Crippen molar-refractivity contribution in [1.82, 2.24) is 0 Å². The van der Waals surface area contributed by atoms with E-state index in [1.807, 2.05) is 83.6 Å². The molecule has 0 amide bonds. The molecule has 0 bridgehead atoms. The van der Waals surface area contributed by atoms with Gasteiger partial charge in [-0.15, -0.1) is 22.7 Å². The van der Waals surface area contributed by atoms with E-state index >= 15 is 0 Å². The van der Waals surface area contributed by atoms with Crippen molar-refractivity contribution < 1.29 is 9.47 Å². The summed E-state index contributed by atoms with van der Waals surface area (Å²) < 4.78 is 11.9. The van der Waals surface area contributed by atoms with Gasteiger partial charge in [0.05, 0.1) is 35.7 Å². The maximum absolute atomic E-state index is 8.20. The second-order valence-corrected chi connectivity index (χ2v) is 9.93. The van der Waals surface area contributed by atoms with Crippen LogP contribution in [-0.4, -0.2) is 30.9 Å². The number of nitrogens with one attached hydrogen (secondary N) is 4. The maximum atomic E-state index is 8.20. The van der Waals surface area contributed by atoms with Gasteiger partial charge in [-0.2, -0.15) is 0 Å². The SMILES string of the molecule is N=C(Nc1cccc(COCC(CN)OCc2cccc(NC(=N)c3cccs3)c2)c1)c1cccs1. The molecule has 2 aromatic carbocycles. The van der Waals surface area contributed by atoms with Crippen LogP contribution in [-0.2, 0) is 22.7 Å². The van der Waals surface area contributed by atoms with E-state index in [0.29, 0.717) is 38.0 Å². The van der Waals surface area contributed by atoms with E-state index in [4.69, 9.17) is 26.0 Å². The number of anilines is 2. The van der Waals surface area contributed by atoms with Crippen molar-refractivity contribution in [2.75, 3.05) is 23.8 Å². The summed E-state index contributed by atoms with van der Waals surface area (Å²) in [6.07, 6.45) is -0.237. The summed E-state index contributed by atoms with van der Waals surface area (Å²) in [6, 6.07) is 23.4. The van der Waals surface area contributed by atoms with E-state index in [-0.39, 0.29) is 6.10 Å². The molecular formula is C27H29N5O2S2. The van der Waals surface area contributed by atoms with Crippen LogP contribution in [0.25, 0.3) is 0 Å². The molecule has 1 atom stereocenters. The van der Waals surface area contributed by atoms with Crippen LogP contribution in [0.1, 0.15) is 20.9 Å². The first-order valence-electron chi connectivity index (χ1n) is 11.5. The molecule has 0 aliphatic carbocycles. The Morgan fingerprint density at radius 2 is 1.33 bits per heavy atom. The second-order valence-electron chi connectivity index (χ2n) is 8.04. The van der Waals surface area contributed by atoms with Gasteiger partial charge < -0.3 is 25.8 Å². The molecule has 4 rings (SSSR count). The van der Waals surface area contributed by atoms with Gasteiger partial charge >= 0.3 is 0 Å². The Balaban J connectivity index is 1.23. The van der Waals surface area contributed by atoms with E-state index in [9.17, 15) is 0 Å². The molecule has 4 aromatic rings. The summed E-state index contributed by atoms with van der Waals surface area (Å²) in [4.78, 5) is 1.78. The fraction of sp³-hybridized carbons (Fsp3) is 0.185. The van der Waals surface area contributed by atoms with Crippen LogP contribution in [0.15, 0.2) is 83.6 Å². The van der Waals surface area contributed by atoms with Crippen molar-refractivity contribution in [2.45, 2.75) is 19.3 Å². The molecule has 0 saturated carbocycles. The molecule has 0 fully saturated rings. The smallest absolute Gasteiger partial charge is 0.140 e. The molecule has 36 heavy (non-hydrogen) atoms. The van der Waals surface area contributed by atoms with Gasteiger partial charge in [-0.25, -0.2) is 0 Å². The topological polar surface area (TPSA) is 116 Å². The Morgan fingerprint density at radius 1 is 0.778 bits per heavy atom. The zero-order chi connectivity index (χ0) is 25.2. The average molecular weight is 520 g/mol. The third kappa shape index (κ3) is 7.58. The molecule has 0 radical (unpaired) electrons. The average Bonchev–Trinajstić information content (AvgIpc) is 3.62. The minimum absolute atomic E-state index is 0.237. The standard InChI is InChI=1S/C27H29N5O2S2/c28-15-23(34-17-20-6-2-8-22(14-20)32-27(30)25-10-4-12-36-25)18-33-16-19-5-1-7-21(13-19)31-26(29)24-9-3-11-35-24/h1-14,23H,15-18,28H2,(H2,29,31)(H2,30,32). The molecule has 0 spiro atoms. The van der Waals surface area contributed by atoms with Gasteiger partial charge in [0.25, 0.3) is 0 Å². The monoisotopic (exact) mass is 519 g/mol. The summed E-state index contributed by atoms with van der Waals surface area (Å²) in [5.41, 5.74) is 9.60. The van der Waals surface area contributed by atoms with Crippen molar-refractivity contribution in [3.8, 4) is 0 Å². The van der Waals surface area contributed by atoms with Crippen molar-refractivity contribution >= 4 is 45.7 Å². The molecule has 0 aliphatic rings. The van der Waals surface area contributed by atoms with Gasteiger partial charge in [0.2, 0.25) is 0 Å².